The first-order chi connectivity index (χ1) is 21.6. The minimum Gasteiger partial charge on any atom is -0.353 e. The predicted octanol–water partition coefficient (Wildman–Crippen LogP) is 1.08. The zero-order valence-corrected chi connectivity index (χ0v) is 30.6. The van der Waals surface area contributed by atoms with Gasteiger partial charge in [0.05, 0.1) is 6.04 Å². The monoisotopic (exact) mass is 683 g/mol. The molecule has 3 fully saturated rings. The van der Waals surface area contributed by atoms with Crippen molar-refractivity contribution < 1.29 is 32.4 Å². The largest absolute Gasteiger partial charge is 0.353 e. The molecule has 4 N–H and O–H groups in total. The van der Waals surface area contributed by atoms with E-state index in [1.807, 2.05) is 55.4 Å². The highest BCUT2D eigenvalue weighted by molar-refractivity contribution is 7.87. The Kier molecular flexibility index (Phi) is 12.2. The molecule has 0 aromatic heterocycles. The van der Waals surface area contributed by atoms with E-state index in [2.05, 4.69) is 21.3 Å². The van der Waals surface area contributed by atoms with Gasteiger partial charge in [0.25, 0.3) is 16.1 Å². The number of hydrogen-bond donors (Lipinski definition) is 4. The summed E-state index contributed by atoms with van der Waals surface area (Å²) >= 11 is 0. The fraction of sp³-hybridized carbons (Fsp3) is 0.844. The average Bonchev–Trinajstić information content (AvgIpc) is 3.60. The molecule has 1 unspecified atom stereocenters. The first-order valence-corrected chi connectivity index (χ1v) is 18.1. The van der Waals surface area contributed by atoms with Crippen LogP contribution in [0.15, 0.2) is 0 Å². The van der Waals surface area contributed by atoms with Gasteiger partial charge in [-0.3, -0.25) is 19.2 Å². The minimum atomic E-state index is -3.63. The molecule has 0 aromatic carbocycles. The first-order valence-electron chi connectivity index (χ1n) is 16.7. The second-order valence-corrected chi connectivity index (χ2v) is 17.9. The SMILES string of the molecule is CNC(=O)C(=O)C(CC1CC1)NC(=O)[C@@H]1[C@@H](C(C)C)CCN1C(=O)[C@@H](NC(=O)N[C@H](CN1CCN(C)S1(=O)=O)C(C)(C)C)C(C)(C)C. The third-order valence-electron chi connectivity index (χ3n) is 9.71. The van der Waals surface area contributed by atoms with Crippen molar-refractivity contribution in [2.45, 2.75) is 105 Å². The van der Waals surface area contributed by atoms with Gasteiger partial charge in [-0.1, -0.05) is 68.2 Å². The zero-order chi connectivity index (χ0) is 35.6. The molecular formula is C32H57N7O7S. The second-order valence-electron chi connectivity index (χ2n) is 15.9. The van der Waals surface area contributed by atoms with Crippen LogP contribution in [0.5, 0.6) is 0 Å². The standard InChI is InChI=1S/C32H57N7O7S/c1-19(2)21-13-14-39(24(21)27(41)34-22(17-20-11-12-20)25(40)28(42)33-9)29(43)26(32(6,7)8)36-30(44)35-23(31(3,4)5)18-38-16-15-37(10)47(38,45)46/h19-24,26H,11-18H2,1-10H3,(H,33,42)(H,34,41)(H2,35,36,44)/t21-,22?,23-,24+,26-/m1/s1. The molecule has 1 aliphatic carbocycles. The van der Waals surface area contributed by atoms with Gasteiger partial charge in [0.15, 0.2) is 0 Å². The van der Waals surface area contributed by atoms with Crippen LogP contribution < -0.4 is 21.3 Å². The van der Waals surface area contributed by atoms with Crippen molar-refractivity contribution in [2.75, 3.05) is 40.3 Å². The Morgan fingerprint density at radius 2 is 1.47 bits per heavy atom. The van der Waals surface area contributed by atoms with Gasteiger partial charge in [0.2, 0.25) is 17.6 Å². The van der Waals surface area contributed by atoms with Gasteiger partial charge >= 0.3 is 6.03 Å². The number of urea groups is 1. The molecule has 3 aliphatic rings. The lowest BCUT2D eigenvalue weighted by Gasteiger charge is -2.38. The summed E-state index contributed by atoms with van der Waals surface area (Å²) in [6, 6.07) is -4.10. The Morgan fingerprint density at radius 3 is 1.94 bits per heavy atom. The summed E-state index contributed by atoms with van der Waals surface area (Å²) in [5.74, 6) is -2.30. The van der Waals surface area contributed by atoms with E-state index < -0.39 is 74.7 Å². The summed E-state index contributed by atoms with van der Waals surface area (Å²) in [5, 5.41) is 10.9. The number of amides is 5. The molecule has 0 radical (unpaired) electrons. The van der Waals surface area contributed by atoms with E-state index in [9.17, 15) is 32.4 Å². The van der Waals surface area contributed by atoms with Gasteiger partial charge in [0, 0.05) is 46.3 Å². The molecule has 5 atom stereocenters. The van der Waals surface area contributed by atoms with Crippen LogP contribution in [-0.4, -0.2) is 116 Å². The fourth-order valence-corrected chi connectivity index (χ4v) is 7.66. The maximum absolute atomic E-state index is 14.3. The van der Waals surface area contributed by atoms with Gasteiger partial charge in [-0.25, -0.2) is 4.79 Å². The van der Waals surface area contributed by atoms with Crippen LogP contribution in [-0.2, 0) is 29.4 Å². The highest BCUT2D eigenvalue weighted by Crippen LogP contribution is 2.36. The molecule has 3 rings (SSSR count). The zero-order valence-electron chi connectivity index (χ0n) is 29.8. The average molecular weight is 684 g/mol. The summed E-state index contributed by atoms with van der Waals surface area (Å²) in [5.41, 5.74) is -1.27. The number of Topliss-reactive ketones (excluding diaryl/α,β-unsaturated/α-hetero) is 1. The molecule has 0 spiro atoms. The molecule has 5 amide bonds. The van der Waals surface area contributed by atoms with E-state index in [4.69, 9.17) is 0 Å². The molecule has 47 heavy (non-hydrogen) atoms. The number of carbonyl (C=O) groups is 5. The minimum absolute atomic E-state index is 0.0397. The summed E-state index contributed by atoms with van der Waals surface area (Å²) in [6.07, 6.45) is 2.78. The highest BCUT2D eigenvalue weighted by Gasteiger charge is 2.48. The van der Waals surface area contributed by atoms with E-state index in [1.54, 1.807) is 0 Å². The molecule has 2 heterocycles. The Bertz CT molecular complexity index is 1300. The summed E-state index contributed by atoms with van der Waals surface area (Å²) in [4.78, 5) is 68.5. The van der Waals surface area contributed by atoms with Crippen LogP contribution in [0, 0.1) is 28.6 Å². The van der Waals surface area contributed by atoms with Crippen LogP contribution >= 0.6 is 0 Å². The first kappa shape index (κ1) is 38.7. The number of likely N-dealkylation sites (tertiary alicyclic amines) is 1. The number of nitrogens with zero attached hydrogens (tertiary/aromatic N) is 3. The number of carbonyl (C=O) groups excluding carboxylic acids is 5. The third kappa shape index (κ3) is 9.44. The fourth-order valence-electron chi connectivity index (χ4n) is 6.31. The highest BCUT2D eigenvalue weighted by atomic mass is 32.2. The van der Waals surface area contributed by atoms with Crippen LogP contribution in [0.25, 0.3) is 0 Å². The van der Waals surface area contributed by atoms with Crippen molar-refractivity contribution in [2.24, 2.45) is 28.6 Å². The predicted molar refractivity (Wildman–Crippen MR) is 178 cm³/mol. The van der Waals surface area contributed by atoms with Crippen molar-refractivity contribution in [1.29, 1.82) is 0 Å². The second kappa shape index (κ2) is 14.8. The van der Waals surface area contributed by atoms with Crippen molar-refractivity contribution in [3.05, 3.63) is 0 Å². The van der Waals surface area contributed by atoms with Gasteiger partial charge in [-0.15, -0.1) is 0 Å². The van der Waals surface area contributed by atoms with E-state index in [-0.39, 0.29) is 30.8 Å². The topological polar surface area (TPSA) is 177 Å². The lowest BCUT2D eigenvalue weighted by molar-refractivity contribution is -0.144. The maximum Gasteiger partial charge on any atom is 0.315 e. The normalized spacial score (nSPS) is 24.0. The van der Waals surface area contributed by atoms with Gasteiger partial charge in [0.1, 0.15) is 12.1 Å². The molecule has 0 aromatic rings. The van der Waals surface area contributed by atoms with Crippen LogP contribution in [0.4, 0.5) is 4.79 Å². The van der Waals surface area contributed by atoms with Gasteiger partial charge < -0.3 is 26.2 Å². The van der Waals surface area contributed by atoms with Crippen molar-refractivity contribution in [3.8, 4) is 0 Å². The third-order valence-corrected chi connectivity index (χ3v) is 11.7. The summed E-state index contributed by atoms with van der Waals surface area (Å²) in [7, 11) is -0.738. The number of ketones is 1. The quantitative estimate of drug-likeness (QED) is 0.223. The van der Waals surface area contributed by atoms with Gasteiger partial charge in [-0.05, 0) is 41.4 Å². The summed E-state index contributed by atoms with van der Waals surface area (Å²) in [6.45, 7) is 16.2. The molecule has 15 heteroatoms. The molecule has 2 aliphatic heterocycles. The van der Waals surface area contributed by atoms with E-state index in [0.29, 0.717) is 25.9 Å². The van der Waals surface area contributed by atoms with Gasteiger partial charge in [-0.2, -0.15) is 17.0 Å². The number of nitrogens with one attached hydrogen (secondary N) is 4. The number of rotatable bonds is 12. The Balaban J connectivity index is 1.83. The van der Waals surface area contributed by atoms with Crippen LogP contribution in [0.3, 0.4) is 0 Å². The van der Waals surface area contributed by atoms with Crippen molar-refractivity contribution >= 4 is 39.7 Å². The van der Waals surface area contributed by atoms with Crippen LogP contribution in [0.2, 0.25) is 0 Å². The van der Waals surface area contributed by atoms with E-state index in [0.717, 1.165) is 12.8 Å². The molecule has 268 valence electrons. The molecular weight excluding hydrogens is 626 g/mol. The van der Waals surface area contributed by atoms with E-state index in [1.165, 1.54) is 27.6 Å². The Morgan fingerprint density at radius 1 is 0.851 bits per heavy atom. The lowest BCUT2D eigenvalue weighted by atomic mass is 9.84. The van der Waals surface area contributed by atoms with Crippen molar-refractivity contribution in [3.63, 3.8) is 0 Å². The Labute approximate surface area is 280 Å². The van der Waals surface area contributed by atoms with E-state index >= 15 is 0 Å². The molecule has 14 nitrogen and oxygen atoms in total. The smallest absolute Gasteiger partial charge is 0.315 e. The van der Waals surface area contributed by atoms with Crippen LogP contribution in [0.1, 0.15) is 81.1 Å². The lowest BCUT2D eigenvalue weighted by Crippen LogP contribution is -2.62. The number of hydrogen-bond acceptors (Lipinski definition) is 7. The Hall–Kier alpha value is -2.78. The number of likely N-dealkylation sites (N-methyl/N-ethyl adjacent to an activating group) is 2. The maximum atomic E-state index is 14.3. The van der Waals surface area contributed by atoms with Crippen molar-refractivity contribution in [1.82, 2.24) is 34.8 Å². The molecule has 0 bridgehead atoms. The summed E-state index contributed by atoms with van der Waals surface area (Å²) < 4.78 is 28.1. The molecule has 1 saturated carbocycles. The molecule has 2 saturated heterocycles.